The lowest BCUT2D eigenvalue weighted by Gasteiger charge is -2.16. The molecule has 0 fully saturated rings. The average molecular weight is 247 g/mol. The Balaban J connectivity index is 2.84. The van der Waals surface area contributed by atoms with Gasteiger partial charge in [0.1, 0.15) is 0 Å². The molecule has 2 nitrogen and oxygen atoms in total. The lowest BCUT2D eigenvalue weighted by molar-refractivity contribution is 0.0908. The van der Waals surface area contributed by atoms with Crippen molar-refractivity contribution in [1.82, 2.24) is 0 Å². The molecule has 1 rings (SSSR count). The zero-order valence-electron chi connectivity index (χ0n) is 12.1. The molecule has 1 atom stereocenters. The third-order valence-corrected chi connectivity index (χ3v) is 3.42. The zero-order chi connectivity index (χ0) is 13.5. The quantitative estimate of drug-likeness (QED) is 0.675. The van der Waals surface area contributed by atoms with Crippen LogP contribution < -0.4 is 4.90 Å². The van der Waals surface area contributed by atoms with E-state index in [0.29, 0.717) is 5.78 Å². The lowest BCUT2D eigenvalue weighted by atomic mass is 9.90. The van der Waals surface area contributed by atoms with Gasteiger partial charge in [0.15, 0.2) is 5.78 Å². The van der Waals surface area contributed by atoms with E-state index in [1.807, 2.05) is 43.3 Å². The Hall–Kier alpha value is -1.31. The van der Waals surface area contributed by atoms with Crippen molar-refractivity contribution in [2.75, 3.05) is 19.0 Å². The summed E-state index contributed by atoms with van der Waals surface area (Å²) in [5.41, 5.74) is 1.94. The Morgan fingerprint density at radius 3 is 2.56 bits per heavy atom. The summed E-state index contributed by atoms with van der Waals surface area (Å²) in [4.78, 5) is 14.5. The second-order valence-electron chi connectivity index (χ2n) is 5.06. The Labute approximate surface area is 111 Å². The molecule has 0 aromatic heterocycles. The largest absolute Gasteiger partial charge is 0.378 e. The maximum absolute atomic E-state index is 12.4. The standard InChI is InChI=1S/C16H25NO/c1-5-7-9-13(6-2)16(18)14-10-8-11-15(12-14)17(3)4/h8,10-13H,5-7,9H2,1-4H3. The molecule has 1 unspecified atom stereocenters. The van der Waals surface area contributed by atoms with Crippen LogP contribution in [-0.2, 0) is 0 Å². The van der Waals surface area contributed by atoms with E-state index in [-0.39, 0.29) is 5.92 Å². The molecule has 0 radical (unpaired) electrons. The number of ketones is 1. The average Bonchev–Trinajstić information content (AvgIpc) is 2.39. The van der Waals surface area contributed by atoms with Crippen LogP contribution in [0.15, 0.2) is 24.3 Å². The molecule has 100 valence electrons. The van der Waals surface area contributed by atoms with Gasteiger partial charge in [-0.2, -0.15) is 0 Å². The fraction of sp³-hybridized carbons (Fsp3) is 0.562. The van der Waals surface area contributed by atoms with Gasteiger partial charge in [-0.3, -0.25) is 4.79 Å². The predicted molar refractivity (Wildman–Crippen MR) is 78.4 cm³/mol. The van der Waals surface area contributed by atoms with E-state index in [2.05, 4.69) is 13.8 Å². The molecule has 0 aliphatic carbocycles. The van der Waals surface area contributed by atoms with Gasteiger partial charge >= 0.3 is 0 Å². The van der Waals surface area contributed by atoms with Crippen LogP contribution in [0.2, 0.25) is 0 Å². The van der Waals surface area contributed by atoms with Crippen molar-refractivity contribution in [3.8, 4) is 0 Å². The molecule has 0 spiro atoms. The van der Waals surface area contributed by atoms with Crippen molar-refractivity contribution in [2.24, 2.45) is 5.92 Å². The van der Waals surface area contributed by atoms with Gasteiger partial charge in [-0.1, -0.05) is 38.8 Å². The number of benzene rings is 1. The predicted octanol–water partition coefficient (Wildman–Crippen LogP) is 4.15. The first-order valence-corrected chi connectivity index (χ1v) is 6.91. The van der Waals surface area contributed by atoms with E-state index in [1.54, 1.807) is 0 Å². The van der Waals surface area contributed by atoms with Gasteiger partial charge in [-0.25, -0.2) is 0 Å². The van der Waals surface area contributed by atoms with Crippen molar-refractivity contribution >= 4 is 11.5 Å². The molecule has 2 heteroatoms. The number of hydrogen-bond donors (Lipinski definition) is 0. The molecule has 0 N–H and O–H groups in total. The van der Waals surface area contributed by atoms with Crippen LogP contribution in [0.3, 0.4) is 0 Å². The zero-order valence-corrected chi connectivity index (χ0v) is 12.1. The normalized spacial score (nSPS) is 12.2. The lowest BCUT2D eigenvalue weighted by Crippen LogP contribution is -2.15. The van der Waals surface area contributed by atoms with Gasteiger partial charge in [-0.15, -0.1) is 0 Å². The van der Waals surface area contributed by atoms with E-state index in [1.165, 1.54) is 0 Å². The molecular formula is C16H25NO. The first-order chi connectivity index (χ1) is 8.60. The van der Waals surface area contributed by atoms with Crippen LogP contribution in [-0.4, -0.2) is 19.9 Å². The van der Waals surface area contributed by atoms with Gasteiger partial charge in [-0.05, 0) is 25.0 Å². The monoisotopic (exact) mass is 247 g/mol. The maximum atomic E-state index is 12.4. The third-order valence-electron chi connectivity index (χ3n) is 3.42. The molecule has 0 aliphatic heterocycles. The molecule has 0 aliphatic rings. The molecule has 0 saturated heterocycles. The molecule has 18 heavy (non-hydrogen) atoms. The Morgan fingerprint density at radius 2 is 2.00 bits per heavy atom. The third kappa shape index (κ3) is 3.86. The number of carbonyl (C=O) groups is 1. The SMILES string of the molecule is CCCCC(CC)C(=O)c1cccc(N(C)C)c1. The molecular weight excluding hydrogens is 222 g/mol. The topological polar surface area (TPSA) is 20.3 Å². The van der Waals surface area contributed by atoms with Crippen molar-refractivity contribution in [3.05, 3.63) is 29.8 Å². The summed E-state index contributed by atoms with van der Waals surface area (Å²) in [5, 5.41) is 0. The highest BCUT2D eigenvalue weighted by atomic mass is 16.1. The van der Waals surface area contributed by atoms with Gasteiger partial charge in [0, 0.05) is 31.3 Å². The summed E-state index contributed by atoms with van der Waals surface area (Å²) in [7, 11) is 4.00. The number of carbonyl (C=O) groups excluding carboxylic acids is 1. The van der Waals surface area contributed by atoms with Crippen LogP contribution in [0.25, 0.3) is 0 Å². The second kappa shape index (κ2) is 7.20. The summed E-state index contributed by atoms with van der Waals surface area (Å²) >= 11 is 0. The van der Waals surface area contributed by atoms with E-state index < -0.39 is 0 Å². The Kier molecular flexibility index (Phi) is 5.90. The second-order valence-corrected chi connectivity index (χ2v) is 5.06. The fourth-order valence-corrected chi connectivity index (χ4v) is 2.14. The molecule has 1 aromatic carbocycles. The molecule has 1 aromatic rings. The van der Waals surface area contributed by atoms with Crippen LogP contribution in [0, 0.1) is 5.92 Å². The van der Waals surface area contributed by atoms with Gasteiger partial charge in [0.2, 0.25) is 0 Å². The van der Waals surface area contributed by atoms with Crippen LogP contribution in [0.5, 0.6) is 0 Å². The highest BCUT2D eigenvalue weighted by Crippen LogP contribution is 2.21. The van der Waals surface area contributed by atoms with Crippen LogP contribution >= 0.6 is 0 Å². The summed E-state index contributed by atoms with van der Waals surface area (Å²) in [6.45, 7) is 4.28. The van der Waals surface area contributed by atoms with Crippen molar-refractivity contribution < 1.29 is 4.79 Å². The maximum Gasteiger partial charge on any atom is 0.166 e. The van der Waals surface area contributed by atoms with E-state index in [9.17, 15) is 4.79 Å². The van der Waals surface area contributed by atoms with Crippen LogP contribution in [0.1, 0.15) is 49.9 Å². The number of unbranched alkanes of at least 4 members (excludes halogenated alkanes) is 1. The highest BCUT2D eigenvalue weighted by molar-refractivity contribution is 5.98. The molecule has 0 bridgehead atoms. The number of nitrogens with zero attached hydrogens (tertiary/aromatic N) is 1. The minimum Gasteiger partial charge on any atom is -0.378 e. The Bertz CT molecular complexity index is 384. The minimum atomic E-state index is 0.183. The van der Waals surface area contributed by atoms with Gasteiger partial charge < -0.3 is 4.90 Å². The summed E-state index contributed by atoms with van der Waals surface area (Å²) in [5.74, 6) is 0.483. The molecule has 0 amide bonds. The number of Topliss-reactive ketones (excluding diaryl/α,β-unsaturated/α-hetero) is 1. The first kappa shape index (κ1) is 14.7. The summed E-state index contributed by atoms with van der Waals surface area (Å²) in [6, 6.07) is 7.93. The minimum absolute atomic E-state index is 0.183. The summed E-state index contributed by atoms with van der Waals surface area (Å²) < 4.78 is 0. The first-order valence-electron chi connectivity index (χ1n) is 6.91. The highest BCUT2D eigenvalue weighted by Gasteiger charge is 2.17. The molecule has 0 heterocycles. The van der Waals surface area contributed by atoms with Gasteiger partial charge in [0.25, 0.3) is 0 Å². The van der Waals surface area contributed by atoms with E-state index in [0.717, 1.165) is 36.9 Å². The Morgan fingerprint density at radius 1 is 1.28 bits per heavy atom. The smallest absolute Gasteiger partial charge is 0.166 e. The van der Waals surface area contributed by atoms with Crippen molar-refractivity contribution in [3.63, 3.8) is 0 Å². The summed E-state index contributed by atoms with van der Waals surface area (Å²) in [6.07, 6.45) is 4.24. The van der Waals surface area contributed by atoms with Crippen molar-refractivity contribution in [1.29, 1.82) is 0 Å². The van der Waals surface area contributed by atoms with E-state index >= 15 is 0 Å². The number of anilines is 1. The van der Waals surface area contributed by atoms with Crippen molar-refractivity contribution in [2.45, 2.75) is 39.5 Å². The fourth-order valence-electron chi connectivity index (χ4n) is 2.14. The van der Waals surface area contributed by atoms with Crippen LogP contribution in [0.4, 0.5) is 5.69 Å². The van der Waals surface area contributed by atoms with Gasteiger partial charge in [0.05, 0.1) is 0 Å². The number of hydrogen-bond acceptors (Lipinski definition) is 2. The number of rotatable bonds is 7. The molecule has 0 saturated carbocycles. The van der Waals surface area contributed by atoms with E-state index in [4.69, 9.17) is 0 Å².